The van der Waals surface area contributed by atoms with E-state index in [2.05, 4.69) is 10.1 Å². The van der Waals surface area contributed by atoms with E-state index in [1.807, 2.05) is 6.92 Å². The number of nitrogens with zero attached hydrogens (tertiary/aromatic N) is 1. The summed E-state index contributed by atoms with van der Waals surface area (Å²) in [6.45, 7) is 2.46. The first-order valence-electron chi connectivity index (χ1n) is 8.68. The summed E-state index contributed by atoms with van der Waals surface area (Å²) < 4.78 is 4.52. The highest BCUT2D eigenvalue weighted by atomic mass is 16.5. The van der Waals surface area contributed by atoms with Gasteiger partial charge in [0.15, 0.2) is 0 Å². The zero-order valence-electron chi connectivity index (χ0n) is 14.2. The molecule has 0 unspecified atom stereocenters. The van der Waals surface area contributed by atoms with Gasteiger partial charge in [-0.05, 0) is 25.2 Å². The van der Waals surface area contributed by atoms with Crippen LogP contribution in [0, 0.1) is 11.8 Å². The van der Waals surface area contributed by atoms with E-state index in [-0.39, 0.29) is 24.3 Å². The van der Waals surface area contributed by atoms with Crippen LogP contribution in [0.15, 0.2) is 0 Å². The fourth-order valence-corrected chi connectivity index (χ4v) is 3.78. The minimum Gasteiger partial charge on any atom is -0.468 e. The lowest BCUT2D eigenvalue weighted by molar-refractivity contribution is -0.143. The molecule has 6 nitrogen and oxygen atoms in total. The van der Waals surface area contributed by atoms with E-state index in [1.54, 1.807) is 4.90 Å². The molecule has 2 aliphatic rings. The minimum absolute atomic E-state index is 0.0351. The highest BCUT2D eigenvalue weighted by Crippen LogP contribution is 2.31. The molecule has 0 aromatic heterocycles. The van der Waals surface area contributed by atoms with Crippen LogP contribution in [-0.4, -0.2) is 48.9 Å². The van der Waals surface area contributed by atoms with Gasteiger partial charge in [-0.15, -0.1) is 0 Å². The number of carbonyl (C=O) groups excluding carboxylic acids is 3. The van der Waals surface area contributed by atoms with Crippen molar-refractivity contribution in [1.82, 2.24) is 10.2 Å². The number of likely N-dealkylation sites (tertiary alicyclic amines) is 1. The lowest BCUT2D eigenvalue weighted by atomic mass is 9.93. The summed E-state index contributed by atoms with van der Waals surface area (Å²) >= 11 is 0. The molecule has 2 rings (SSSR count). The number of hydrogen-bond donors (Lipinski definition) is 1. The maximum atomic E-state index is 12.7. The lowest BCUT2D eigenvalue weighted by Gasteiger charge is -2.27. The van der Waals surface area contributed by atoms with Crippen LogP contribution in [0.25, 0.3) is 0 Å². The first-order chi connectivity index (χ1) is 11.0. The number of rotatable bonds is 6. The third-order valence-electron chi connectivity index (χ3n) is 5.06. The van der Waals surface area contributed by atoms with Crippen LogP contribution < -0.4 is 5.32 Å². The Kier molecular flexibility index (Phi) is 6.42. The highest BCUT2D eigenvalue weighted by Gasteiger charge is 2.36. The zero-order chi connectivity index (χ0) is 16.8. The van der Waals surface area contributed by atoms with Gasteiger partial charge < -0.3 is 15.0 Å². The van der Waals surface area contributed by atoms with Crippen LogP contribution in [0.3, 0.4) is 0 Å². The number of ether oxygens (including phenoxy) is 1. The molecule has 0 aromatic carbocycles. The third-order valence-corrected chi connectivity index (χ3v) is 5.06. The third kappa shape index (κ3) is 4.69. The molecule has 1 N–H and O–H groups in total. The fraction of sp³-hybridized carbons (Fsp3) is 0.824. The molecule has 130 valence electrons. The highest BCUT2D eigenvalue weighted by molar-refractivity contribution is 5.90. The Morgan fingerprint density at radius 1 is 1.17 bits per heavy atom. The fourth-order valence-electron chi connectivity index (χ4n) is 3.78. The second-order valence-electron chi connectivity index (χ2n) is 6.77. The topological polar surface area (TPSA) is 75.7 Å². The van der Waals surface area contributed by atoms with E-state index >= 15 is 0 Å². The zero-order valence-corrected chi connectivity index (χ0v) is 14.2. The van der Waals surface area contributed by atoms with Crippen molar-refractivity contribution in [3.8, 4) is 0 Å². The van der Waals surface area contributed by atoms with Crippen molar-refractivity contribution in [2.24, 2.45) is 11.8 Å². The number of carbonyl (C=O) groups is 3. The summed E-state index contributed by atoms with van der Waals surface area (Å²) in [5.41, 5.74) is 0. The number of nitrogens with one attached hydrogen (secondary N) is 1. The monoisotopic (exact) mass is 324 g/mol. The molecule has 1 saturated carbocycles. The molecule has 1 heterocycles. The van der Waals surface area contributed by atoms with E-state index in [0.717, 1.165) is 12.8 Å². The van der Waals surface area contributed by atoms with Gasteiger partial charge in [-0.2, -0.15) is 0 Å². The molecule has 23 heavy (non-hydrogen) atoms. The molecule has 0 aromatic rings. The van der Waals surface area contributed by atoms with Crippen LogP contribution in [0.4, 0.5) is 0 Å². The average Bonchev–Trinajstić information content (AvgIpc) is 3.22. The second kappa shape index (κ2) is 8.31. The van der Waals surface area contributed by atoms with Crippen molar-refractivity contribution in [2.45, 2.75) is 57.9 Å². The van der Waals surface area contributed by atoms with Gasteiger partial charge in [-0.3, -0.25) is 14.4 Å². The SMILES string of the molecule is COC(=O)CNC(=O)[C@@H]1CCCN1C(=O)[C@@H](C)CC1CCCC1. The van der Waals surface area contributed by atoms with Crippen molar-refractivity contribution >= 4 is 17.8 Å². The molecule has 6 heteroatoms. The van der Waals surface area contributed by atoms with Crippen molar-refractivity contribution in [3.63, 3.8) is 0 Å². The molecule has 0 radical (unpaired) electrons. The van der Waals surface area contributed by atoms with E-state index in [1.165, 1.54) is 32.8 Å². The molecular weight excluding hydrogens is 296 g/mol. The van der Waals surface area contributed by atoms with Gasteiger partial charge in [0.1, 0.15) is 12.6 Å². The van der Waals surface area contributed by atoms with Gasteiger partial charge >= 0.3 is 5.97 Å². The van der Waals surface area contributed by atoms with E-state index in [0.29, 0.717) is 18.9 Å². The van der Waals surface area contributed by atoms with Gasteiger partial charge in [0.25, 0.3) is 0 Å². The Labute approximate surface area is 137 Å². The first kappa shape index (κ1) is 17.8. The van der Waals surface area contributed by atoms with Crippen molar-refractivity contribution in [1.29, 1.82) is 0 Å². The molecule has 1 saturated heterocycles. The summed E-state index contributed by atoms with van der Waals surface area (Å²) in [6, 6.07) is -0.446. The first-order valence-corrected chi connectivity index (χ1v) is 8.68. The quantitative estimate of drug-likeness (QED) is 0.751. The summed E-state index contributed by atoms with van der Waals surface area (Å²) in [5, 5.41) is 2.56. The molecule has 2 atom stereocenters. The van der Waals surface area contributed by atoms with Crippen molar-refractivity contribution in [3.05, 3.63) is 0 Å². The molecule has 1 aliphatic carbocycles. The Morgan fingerprint density at radius 2 is 1.87 bits per heavy atom. The van der Waals surface area contributed by atoms with Crippen LogP contribution in [-0.2, 0) is 19.1 Å². The smallest absolute Gasteiger partial charge is 0.325 e. The van der Waals surface area contributed by atoms with E-state index in [9.17, 15) is 14.4 Å². The van der Waals surface area contributed by atoms with Gasteiger partial charge in [-0.1, -0.05) is 32.6 Å². The predicted molar refractivity (Wildman–Crippen MR) is 85.5 cm³/mol. The maximum absolute atomic E-state index is 12.7. The minimum atomic E-state index is -0.483. The van der Waals surface area contributed by atoms with E-state index in [4.69, 9.17) is 0 Å². The van der Waals surface area contributed by atoms with Gasteiger partial charge in [0.05, 0.1) is 7.11 Å². The normalized spacial score (nSPS) is 22.9. The van der Waals surface area contributed by atoms with Crippen molar-refractivity contribution in [2.75, 3.05) is 20.2 Å². The molecule has 2 amide bonds. The van der Waals surface area contributed by atoms with Crippen LogP contribution >= 0.6 is 0 Å². The molecule has 1 aliphatic heterocycles. The molecule has 0 bridgehead atoms. The molecule has 0 spiro atoms. The molecule has 2 fully saturated rings. The Hall–Kier alpha value is -1.59. The summed E-state index contributed by atoms with van der Waals surface area (Å²) in [6.07, 6.45) is 7.40. The predicted octanol–water partition coefficient (Wildman–Crippen LogP) is 1.48. The van der Waals surface area contributed by atoms with E-state index < -0.39 is 12.0 Å². The average molecular weight is 324 g/mol. The summed E-state index contributed by atoms with van der Waals surface area (Å²) in [7, 11) is 1.28. The van der Waals surface area contributed by atoms with Crippen molar-refractivity contribution < 1.29 is 19.1 Å². The second-order valence-corrected chi connectivity index (χ2v) is 6.77. The largest absolute Gasteiger partial charge is 0.468 e. The molecular formula is C17H28N2O4. The number of esters is 1. The van der Waals surface area contributed by atoms with Crippen LogP contribution in [0.5, 0.6) is 0 Å². The van der Waals surface area contributed by atoms with Gasteiger partial charge in [0, 0.05) is 12.5 Å². The number of hydrogen-bond acceptors (Lipinski definition) is 4. The maximum Gasteiger partial charge on any atom is 0.325 e. The number of methoxy groups -OCH3 is 1. The summed E-state index contributed by atoms with van der Waals surface area (Å²) in [4.78, 5) is 37.8. The standard InChI is InChI=1S/C17H28N2O4/c1-12(10-13-6-3-4-7-13)17(22)19-9-5-8-14(19)16(21)18-11-15(20)23-2/h12-14H,3-11H2,1-2H3,(H,18,21)/t12-,14-/m0/s1. The lowest BCUT2D eigenvalue weighted by Crippen LogP contribution is -2.48. The Morgan fingerprint density at radius 3 is 2.52 bits per heavy atom. The number of amides is 2. The summed E-state index contributed by atoms with van der Waals surface area (Å²) in [5.74, 6) is -0.0407. The Balaban J connectivity index is 1.87. The van der Waals surface area contributed by atoms with Gasteiger partial charge in [-0.25, -0.2) is 0 Å². The van der Waals surface area contributed by atoms with Crippen LogP contribution in [0.1, 0.15) is 51.9 Å². The Bertz CT molecular complexity index is 446. The van der Waals surface area contributed by atoms with Gasteiger partial charge in [0.2, 0.25) is 11.8 Å². The van der Waals surface area contributed by atoms with Crippen LogP contribution in [0.2, 0.25) is 0 Å².